The van der Waals surface area contributed by atoms with Crippen LogP contribution >= 0.6 is 0 Å². The van der Waals surface area contributed by atoms with Crippen LogP contribution in [0, 0.1) is 6.92 Å². The molecule has 0 radical (unpaired) electrons. The number of hydrogen-bond donors (Lipinski definition) is 2. The minimum atomic E-state index is 0.110. The highest BCUT2D eigenvalue weighted by atomic mass is 16.5. The van der Waals surface area contributed by atoms with Gasteiger partial charge in [-0.25, -0.2) is 0 Å². The van der Waals surface area contributed by atoms with E-state index in [1.165, 1.54) is 5.56 Å². The van der Waals surface area contributed by atoms with Crippen LogP contribution in [0.25, 0.3) is 0 Å². The van der Waals surface area contributed by atoms with Gasteiger partial charge < -0.3 is 15.2 Å². The van der Waals surface area contributed by atoms with E-state index in [9.17, 15) is 0 Å². The molecular formula is C15H25NO2. The van der Waals surface area contributed by atoms with Crippen LogP contribution in [0.2, 0.25) is 0 Å². The van der Waals surface area contributed by atoms with E-state index < -0.39 is 0 Å². The fourth-order valence-corrected chi connectivity index (χ4v) is 1.77. The van der Waals surface area contributed by atoms with E-state index >= 15 is 0 Å². The summed E-state index contributed by atoms with van der Waals surface area (Å²) in [7, 11) is 1.85. The molecule has 0 saturated carbocycles. The molecule has 3 nitrogen and oxygen atoms in total. The second-order valence-electron chi connectivity index (χ2n) is 4.98. The van der Waals surface area contributed by atoms with E-state index in [0.717, 1.165) is 17.7 Å². The Morgan fingerprint density at radius 3 is 2.61 bits per heavy atom. The highest BCUT2D eigenvalue weighted by Gasteiger charge is 2.07. The van der Waals surface area contributed by atoms with Crippen molar-refractivity contribution in [2.24, 2.45) is 0 Å². The summed E-state index contributed by atoms with van der Waals surface area (Å²) >= 11 is 0. The average Bonchev–Trinajstić information content (AvgIpc) is 2.36. The number of aryl methyl sites for hydroxylation is 1. The summed E-state index contributed by atoms with van der Waals surface area (Å²) in [4.78, 5) is 0. The maximum atomic E-state index is 9.08. The van der Waals surface area contributed by atoms with Crippen LogP contribution in [0.15, 0.2) is 18.2 Å². The molecule has 0 amide bonds. The fourth-order valence-electron chi connectivity index (χ4n) is 1.77. The number of nitrogens with one attached hydrogen (secondary N) is 1. The SMILES string of the molecule is CNC(CO)CCOc1cc(C(C)C)ccc1C. The third-order valence-corrected chi connectivity index (χ3v) is 3.23. The Kier molecular flexibility index (Phi) is 6.16. The summed E-state index contributed by atoms with van der Waals surface area (Å²) in [6.07, 6.45) is 0.804. The summed E-state index contributed by atoms with van der Waals surface area (Å²) < 4.78 is 5.81. The largest absolute Gasteiger partial charge is 0.493 e. The third kappa shape index (κ3) is 4.31. The molecule has 0 aliphatic carbocycles. The Morgan fingerprint density at radius 1 is 1.33 bits per heavy atom. The number of aliphatic hydroxyl groups excluding tert-OH is 1. The zero-order chi connectivity index (χ0) is 13.5. The van der Waals surface area contributed by atoms with Crippen molar-refractivity contribution in [3.05, 3.63) is 29.3 Å². The van der Waals surface area contributed by atoms with Crippen LogP contribution < -0.4 is 10.1 Å². The van der Waals surface area contributed by atoms with Crippen LogP contribution in [0.4, 0.5) is 0 Å². The number of rotatable bonds is 7. The van der Waals surface area contributed by atoms with Gasteiger partial charge in [0.15, 0.2) is 0 Å². The lowest BCUT2D eigenvalue weighted by Gasteiger charge is -2.16. The molecule has 0 aromatic heterocycles. The first-order valence-corrected chi connectivity index (χ1v) is 6.60. The molecule has 3 heteroatoms. The van der Waals surface area contributed by atoms with E-state index in [1.807, 2.05) is 7.05 Å². The van der Waals surface area contributed by atoms with E-state index in [0.29, 0.717) is 12.5 Å². The van der Waals surface area contributed by atoms with Gasteiger partial charge in [-0.2, -0.15) is 0 Å². The lowest BCUT2D eigenvalue weighted by atomic mass is 10.0. The zero-order valence-corrected chi connectivity index (χ0v) is 11.9. The van der Waals surface area contributed by atoms with E-state index in [2.05, 4.69) is 44.3 Å². The molecular weight excluding hydrogens is 226 g/mol. The quantitative estimate of drug-likeness (QED) is 0.782. The molecule has 0 aliphatic heterocycles. The third-order valence-electron chi connectivity index (χ3n) is 3.23. The van der Waals surface area contributed by atoms with E-state index in [-0.39, 0.29) is 12.6 Å². The van der Waals surface area contributed by atoms with Crippen LogP contribution in [-0.4, -0.2) is 31.4 Å². The Balaban J connectivity index is 2.58. The molecule has 0 heterocycles. The maximum Gasteiger partial charge on any atom is 0.122 e. The van der Waals surface area contributed by atoms with Crippen LogP contribution in [0.3, 0.4) is 0 Å². The number of likely N-dealkylation sites (N-methyl/N-ethyl adjacent to an activating group) is 1. The number of benzene rings is 1. The van der Waals surface area contributed by atoms with Crippen LogP contribution in [0.1, 0.15) is 37.3 Å². The monoisotopic (exact) mass is 251 g/mol. The molecule has 0 saturated heterocycles. The number of aliphatic hydroxyl groups is 1. The Bertz CT molecular complexity index is 360. The van der Waals surface area contributed by atoms with E-state index in [1.54, 1.807) is 0 Å². The molecule has 0 spiro atoms. The Labute approximate surface area is 110 Å². The van der Waals surface area contributed by atoms with Crippen molar-refractivity contribution >= 4 is 0 Å². The van der Waals surface area contributed by atoms with Crippen molar-refractivity contribution < 1.29 is 9.84 Å². The highest BCUT2D eigenvalue weighted by Crippen LogP contribution is 2.24. The van der Waals surface area contributed by atoms with Crippen LogP contribution in [-0.2, 0) is 0 Å². The predicted molar refractivity (Wildman–Crippen MR) is 75.3 cm³/mol. The smallest absolute Gasteiger partial charge is 0.122 e. The van der Waals surface area contributed by atoms with Crippen molar-refractivity contribution in [1.82, 2.24) is 5.32 Å². The van der Waals surface area contributed by atoms with Crippen molar-refractivity contribution in [3.8, 4) is 5.75 Å². The van der Waals surface area contributed by atoms with E-state index in [4.69, 9.17) is 9.84 Å². The topological polar surface area (TPSA) is 41.5 Å². The molecule has 1 atom stereocenters. The lowest BCUT2D eigenvalue weighted by molar-refractivity contribution is 0.214. The van der Waals surface area contributed by atoms with Crippen molar-refractivity contribution in [1.29, 1.82) is 0 Å². The molecule has 1 rings (SSSR count). The van der Waals surface area contributed by atoms with Gasteiger partial charge in [0.2, 0.25) is 0 Å². The summed E-state index contributed by atoms with van der Waals surface area (Å²) in [5, 5.41) is 12.1. The zero-order valence-electron chi connectivity index (χ0n) is 11.9. The van der Waals surface area contributed by atoms with Crippen molar-refractivity contribution in [2.45, 2.75) is 39.2 Å². The Morgan fingerprint density at radius 2 is 2.06 bits per heavy atom. The fraction of sp³-hybridized carbons (Fsp3) is 0.600. The van der Waals surface area contributed by atoms with Crippen LogP contribution in [0.5, 0.6) is 5.75 Å². The maximum absolute atomic E-state index is 9.08. The summed E-state index contributed by atoms with van der Waals surface area (Å²) in [5.41, 5.74) is 2.45. The van der Waals surface area contributed by atoms with Gasteiger partial charge in [0.05, 0.1) is 13.2 Å². The van der Waals surface area contributed by atoms with Crippen molar-refractivity contribution in [3.63, 3.8) is 0 Å². The molecule has 18 heavy (non-hydrogen) atoms. The number of hydrogen-bond acceptors (Lipinski definition) is 3. The molecule has 0 fully saturated rings. The molecule has 1 unspecified atom stereocenters. The van der Waals surface area contributed by atoms with Gasteiger partial charge in [0.1, 0.15) is 5.75 Å². The second-order valence-corrected chi connectivity index (χ2v) is 4.98. The van der Waals surface area contributed by atoms with Gasteiger partial charge in [0, 0.05) is 6.04 Å². The molecule has 0 bridgehead atoms. The number of ether oxygens (including phenoxy) is 1. The van der Waals surface area contributed by atoms with Gasteiger partial charge in [-0.05, 0) is 43.5 Å². The lowest BCUT2D eigenvalue weighted by Crippen LogP contribution is -2.30. The minimum Gasteiger partial charge on any atom is -0.493 e. The standard InChI is InChI=1S/C15H25NO2/c1-11(2)13-6-5-12(3)15(9-13)18-8-7-14(10-17)16-4/h5-6,9,11,14,16-17H,7-8,10H2,1-4H3. The first-order chi connectivity index (χ1) is 8.58. The first-order valence-electron chi connectivity index (χ1n) is 6.60. The van der Waals surface area contributed by atoms with Gasteiger partial charge in [-0.1, -0.05) is 26.0 Å². The molecule has 102 valence electrons. The summed E-state index contributed by atoms with van der Waals surface area (Å²) in [6.45, 7) is 7.18. The molecule has 1 aromatic rings. The Hall–Kier alpha value is -1.06. The molecule has 0 aliphatic rings. The average molecular weight is 251 g/mol. The molecule has 2 N–H and O–H groups in total. The first kappa shape index (κ1) is 15.0. The second kappa shape index (κ2) is 7.39. The highest BCUT2D eigenvalue weighted by molar-refractivity contribution is 5.37. The summed E-state index contributed by atoms with van der Waals surface area (Å²) in [5.74, 6) is 1.46. The predicted octanol–water partition coefficient (Wildman–Crippen LogP) is 2.47. The minimum absolute atomic E-state index is 0.110. The van der Waals surface area contributed by atoms with Gasteiger partial charge >= 0.3 is 0 Å². The summed E-state index contributed by atoms with van der Waals surface area (Å²) in [6, 6.07) is 6.48. The van der Waals surface area contributed by atoms with Crippen molar-refractivity contribution in [2.75, 3.05) is 20.3 Å². The van der Waals surface area contributed by atoms with Gasteiger partial charge in [0.25, 0.3) is 0 Å². The van der Waals surface area contributed by atoms with Gasteiger partial charge in [-0.15, -0.1) is 0 Å². The molecule has 1 aromatic carbocycles. The van der Waals surface area contributed by atoms with Gasteiger partial charge in [-0.3, -0.25) is 0 Å². The normalized spacial score (nSPS) is 12.8.